The van der Waals surface area contributed by atoms with Crippen molar-refractivity contribution in [3.05, 3.63) is 48.5 Å². The monoisotopic (exact) mass is 518 g/mol. The third kappa shape index (κ3) is 6.28. The number of carbonyl (C=O) groups excluding carboxylic acids is 1. The lowest BCUT2D eigenvalue weighted by molar-refractivity contribution is 0.104. The van der Waals surface area contributed by atoms with Crippen LogP contribution in [0.1, 0.15) is 12.8 Å². The van der Waals surface area contributed by atoms with E-state index in [1.54, 1.807) is 53.2 Å². The highest BCUT2D eigenvalue weighted by Crippen LogP contribution is 2.26. The molecule has 2 fully saturated rings. The van der Waals surface area contributed by atoms with Crippen molar-refractivity contribution in [2.24, 2.45) is 5.92 Å². The number of phenolic OH excluding ortho intramolecular Hbond substituents is 1. The van der Waals surface area contributed by atoms with E-state index in [1.165, 1.54) is 16.4 Å². The predicted molar refractivity (Wildman–Crippen MR) is 136 cm³/mol. The molecule has 11 heteroatoms. The normalized spacial score (nSPS) is 18.6. The molecule has 0 unspecified atom stereocenters. The SMILES string of the molecule is CN1CCN(c2ccc(S(=O)(=O)N3CCC(CNC[C@H](O)COc4ccc(O)cc4)CC3)cc2)C1=O. The zero-order chi connectivity index (χ0) is 25.7. The molecule has 0 radical (unpaired) electrons. The first-order chi connectivity index (χ1) is 17.2. The topological polar surface area (TPSA) is 123 Å². The van der Waals surface area contributed by atoms with Crippen LogP contribution in [-0.2, 0) is 10.0 Å². The number of nitrogens with one attached hydrogen (secondary N) is 1. The van der Waals surface area contributed by atoms with E-state index >= 15 is 0 Å². The van der Waals surface area contributed by atoms with Gasteiger partial charge in [0, 0.05) is 45.5 Å². The van der Waals surface area contributed by atoms with Crippen molar-refractivity contribution >= 4 is 21.7 Å². The smallest absolute Gasteiger partial charge is 0.324 e. The Labute approximate surface area is 212 Å². The molecule has 4 rings (SSSR count). The van der Waals surface area contributed by atoms with E-state index in [9.17, 15) is 23.4 Å². The number of piperidine rings is 1. The quantitative estimate of drug-likeness (QED) is 0.438. The summed E-state index contributed by atoms with van der Waals surface area (Å²) in [5.74, 6) is 1.05. The van der Waals surface area contributed by atoms with Gasteiger partial charge in [-0.15, -0.1) is 0 Å². The average Bonchev–Trinajstić information content (AvgIpc) is 3.22. The number of benzene rings is 2. The van der Waals surface area contributed by atoms with Crippen LogP contribution in [-0.4, -0.2) is 92.9 Å². The lowest BCUT2D eigenvalue weighted by Crippen LogP contribution is -2.42. The first-order valence-corrected chi connectivity index (χ1v) is 13.6. The molecule has 196 valence electrons. The molecule has 36 heavy (non-hydrogen) atoms. The van der Waals surface area contributed by atoms with Gasteiger partial charge in [-0.25, -0.2) is 13.2 Å². The maximum absolute atomic E-state index is 13.1. The van der Waals surface area contributed by atoms with Crippen LogP contribution in [0.25, 0.3) is 0 Å². The number of aromatic hydroxyl groups is 1. The molecular formula is C25H34N4O6S. The number of phenols is 1. The number of nitrogens with zero attached hydrogens (tertiary/aromatic N) is 3. The second-order valence-electron chi connectivity index (χ2n) is 9.31. The highest BCUT2D eigenvalue weighted by molar-refractivity contribution is 7.89. The Morgan fingerprint density at radius 1 is 1.03 bits per heavy atom. The largest absolute Gasteiger partial charge is 0.508 e. The van der Waals surface area contributed by atoms with Gasteiger partial charge in [0.15, 0.2) is 0 Å². The van der Waals surface area contributed by atoms with Gasteiger partial charge in [-0.2, -0.15) is 4.31 Å². The third-order valence-electron chi connectivity index (χ3n) is 6.67. The molecule has 10 nitrogen and oxygen atoms in total. The summed E-state index contributed by atoms with van der Waals surface area (Å²) in [5.41, 5.74) is 0.698. The van der Waals surface area contributed by atoms with Crippen LogP contribution >= 0.6 is 0 Å². The van der Waals surface area contributed by atoms with Gasteiger partial charge >= 0.3 is 6.03 Å². The van der Waals surface area contributed by atoms with Crippen LogP contribution in [0.15, 0.2) is 53.4 Å². The second kappa shape index (κ2) is 11.5. The highest BCUT2D eigenvalue weighted by atomic mass is 32.2. The van der Waals surface area contributed by atoms with Gasteiger partial charge in [0.05, 0.1) is 4.90 Å². The summed E-state index contributed by atoms with van der Waals surface area (Å²) >= 11 is 0. The number of ether oxygens (including phenoxy) is 1. The molecular weight excluding hydrogens is 484 g/mol. The van der Waals surface area contributed by atoms with E-state index in [4.69, 9.17) is 4.74 Å². The molecule has 0 bridgehead atoms. The van der Waals surface area contributed by atoms with Crippen molar-refractivity contribution in [2.45, 2.75) is 23.8 Å². The fourth-order valence-electron chi connectivity index (χ4n) is 4.44. The Morgan fingerprint density at radius 3 is 2.31 bits per heavy atom. The van der Waals surface area contributed by atoms with E-state index < -0.39 is 16.1 Å². The Kier molecular flexibility index (Phi) is 8.35. The number of hydrogen-bond donors (Lipinski definition) is 3. The number of likely N-dealkylation sites (N-methyl/N-ethyl adjacent to an activating group) is 1. The van der Waals surface area contributed by atoms with Crippen molar-refractivity contribution in [3.8, 4) is 11.5 Å². The Morgan fingerprint density at radius 2 is 1.69 bits per heavy atom. The molecule has 3 N–H and O–H groups in total. The number of hydrogen-bond acceptors (Lipinski definition) is 7. The van der Waals surface area contributed by atoms with Crippen molar-refractivity contribution < 1.29 is 28.2 Å². The molecule has 1 atom stereocenters. The van der Waals surface area contributed by atoms with Gasteiger partial charge in [-0.3, -0.25) is 4.90 Å². The molecule has 0 spiro atoms. The average molecular weight is 519 g/mol. The van der Waals surface area contributed by atoms with Gasteiger partial charge in [0.25, 0.3) is 0 Å². The second-order valence-corrected chi connectivity index (χ2v) is 11.3. The predicted octanol–water partition coefficient (Wildman–Crippen LogP) is 1.69. The fraction of sp³-hybridized carbons (Fsp3) is 0.480. The van der Waals surface area contributed by atoms with E-state index in [-0.39, 0.29) is 23.3 Å². The zero-order valence-electron chi connectivity index (χ0n) is 20.4. The summed E-state index contributed by atoms with van der Waals surface area (Å²) in [5, 5.41) is 22.7. The number of rotatable bonds is 10. The van der Waals surface area contributed by atoms with E-state index in [0.29, 0.717) is 56.6 Å². The van der Waals surface area contributed by atoms with Gasteiger partial charge in [0.2, 0.25) is 10.0 Å². The lowest BCUT2D eigenvalue weighted by atomic mass is 9.98. The Bertz CT molecular complexity index is 1120. The molecule has 0 saturated carbocycles. The maximum atomic E-state index is 13.1. The van der Waals surface area contributed by atoms with Crippen LogP contribution in [0.5, 0.6) is 11.5 Å². The van der Waals surface area contributed by atoms with Crippen molar-refractivity contribution in [2.75, 3.05) is 57.8 Å². The number of urea groups is 1. The molecule has 0 aromatic heterocycles. The summed E-state index contributed by atoms with van der Waals surface area (Å²) in [7, 11) is -1.85. The van der Waals surface area contributed by atoms with Gasteiger partial charge in [-0.1, -0.05) is 0 Å². The van der Waals surface area contributed by atoms with Crippen molar-refractivity contribution in [1.82, 2.24) is 14.5 Å². The minimum atomic E-state index is -3.59. The summed E-state index contributed by atoms with van der Waals surface area (Å²) in [6.07, 6.45) is 0.788. The third-order valence-corrected chi connectivity index (χ3v) is 8.58. The lowest BCUT2D eigenvalue weighted by Gasteiger charge is -2.31. The number of aliphatic hydroxyl groups excluding tert-OH is 1. The molecule has 2 heterocycles. The molecule has 2 aromatic carbocycles. The van der Waals surface area contributed by atoms with E-state index in [1.807, 2.05) is 0 Å². The summed E-state index contributed by atoms with van der Waals surface area (Å²) < 4.78 is 33.3. The molecule has 0 aliphatic carbocycles. The summed E-state index contributed by atoms with van der Waals surface area (Å²) in [4.78, 5) is 15.7. The van der Waals surface area contributed by atoms with Crippen molar-refractivity contribution in [1.29, 1.82) is 0 Å². The zero-order valence-corrected chi connectivity index (χ0v) is 21.2. The van der Waals surface area contributed by atoms with Crippen LogP contribution in [0.4, 0.5) is 10.5 Å². The van der Waals surface area contributed by atoms with E-state index in [0.717, 1.165) is 12.8 Å². The van der Waals surface area contributed by atoms with Crippen LogP contribution < -0.4 is 15.0 Å². The molecule has 2 aromatic rings. The fourth-order valence-corrected chi connectivity index (χ4v) is 5.91. The Hall–Kier alpha value is -2.86. The minimum Gasteiger partial charge on any atom is -0.508 e. The molecule has 2 amide bonds. The van der Waals surface area contributed by atoms with Gasteiger partial charge < -0.3 is 25.2 Å². The summed E-state index contributed by atoms with van der Waals surface area (Å²) in [6.45, 7) is 3.32. The molecule has 2 aliphatic rings. The standard InChI is InChI=1S/C25H34N4O6S/c1-27-14-15-29(25(27)32)20-2-8-24(9-3-20)36(33,34)28-12-10-19(11-13-28)16-26-17-22(31)18-35-23-6-4-21(30)5-7-23/h2-9,19,22,26,30-31H,10-18H2,1H3/t22-/m0/s1. The Balaban J connectivity index is 1.19. The van der Waals surface area contributed by atoms with Crippen molar-refractivity contribution in [3.63, 3.8) is 0 Å². The van der Waals surface area contributed by atoms with Crippen LogP contribution in [0, 0.1) is 5.92 Å². The van der Waals surface area contributed by atoms with Gasteiger partial charge in [-0.05, 0) is 73.8 Å². The number of anilines is 1. The minimum absolute atomic E-state index is 0.0846. The van der Waals surface area contributed by atoms with Crippen LogP contribution in [0.2, 0.25) is 0 Å². The first kappa shape index (κ1) is 26.2. The first-order valence-electron chi connectivity index (χ1n) is 12.2. The number of sulfonamides is 1. The number of aliphatic hydroxyl groups is 1. The number of amides is 2. The van der Waals surface area contributed by atoms with Crippen LogP contribution in [0.3, 0.4) is 0 Å². The molecule has 2 saturated heterocycles. The number of carbonyl (C=O) groups is 1. The summed E-state index contributed by atoms with van der Waals surface area (Å²) in [6, 6.07) is 12.8. The highest BCUT2D eigenvalue weighted by Gasteiger charge is 2.30. The van der Waals surface area contributed by atoms with E-state index in [2.05, 4.69) is 5.32 Å². The maximum Gasteiger partial charge on any atom is 0.324 e. The van der Waals surface area contributed by atoms with Gasteiger partial charge in [0.1, 0.15) is 24.2 Å². The molecule has 2 aliphatic heterocycles.